The Labute approximate surface area is 224 Å². The molecule has 0 spiro atoms. The lowest BCUT2D eigenvalue weighted by Crippen LogP contribution is -2.53. The van der Waals surface area contributed by atoms with Gasteiger partial charge in [0.1, 0.15) is 5.69 Å². The monoisotopic (exact) mass is 514 g/mol. The van der Waals surface area contributed by atoms with Crippen molar-refractivity contribution in [1.82, 2.24) is 19.8 Å². The first-order valence-electron chi connectivity index (χ1n) is 13.7. The molecule has 1 N–H and O–H groups in total. The van der Waals surface area contributed by atoms with Gasteiger partial charge in [0.15, 0.2) is 5.78 Å². The van der Waals surface area contributed by atoms with E-state index in [1.165, 1.54) is 0 Å². The molecular weight excluding hydrogens is 476 g/mol. The second kappa shape index (κ2) is 10.0. The molecule has 5 rings (SSSR count). The maximum Gasteiger partial charge on any atom is 0.272 e. The number of pyridine rings is 1. The third kappa shape index (κ3) is 5.11. The Morgan fingerprint density at radius 3 is 2.34 bits per heavy atom. The van der Waals surface area contributed by atoms with E-state index in [0.717, 1.165) is 29.3 Å². The molecule has 0 radical (unpaired) electrons. The number of carbonyl (C=O) groups excluding carboxylic acids is 3. The van der Waals surface area contributed by atoms with Crippen molar-refractivity contribution in [1.29, 1.82) is 0 Å². The molecule has 2 aliphatic heterocycles. The van der Waals surface area contributed by atoms with E-state index in [1.807, 2.05) is 73.0 Å². The first-order valence-corrected chi connectivity index (χ1v) is 13.7. The fourth-order valence-corrected chi connectivity index (χ4v) is 5.96. The number of fused-ring (bicyclic) bond motifs is 3. The Kier molecular flexibility index (Phi) is 6.88. The number of nitrogens with one attached hydrogen (secondary N) is 1. The summed E-state index contributed by atoms with van der Waals surface area (Å²) in [6, 6.07) is 13.4. The number of aromatic amines is 1. The average Bonchev–Trinajstić information content (AvgIpc) is 3.60. The van der Waals surface area contributed by atoms with Gasteiger partial charge in [0, 0.05) is 36.6 Å². The number of ketones is 1. The lowest BCUT2D eigenvalue weighted by atomic mass is 9.76. The molecule has 2 amide bonds. The van der Waals surface area contributed by atoms with Crippen LogP contribution in [-0.2, 0) is 11.2 Å². The maximum atomic E-state index is 13.8. The number of nitrogens with zero attached hydrogens (tertiary/aromatic N) is 3. The first-order chi connectivity index (χ1) is 18.0. The summed E-state index contributed by atoms with van der Waals surface area (Å²) in [7, 11) is 0. The van der Waals surface area contributed by atoms with Crippen LogP contribution < -0.4 is 0 Å². The summed E-state index contributed by atoms with van der Waals surface area (Å²) in [6.07, 6.45) is 3.66. The van der Waals surface area contributed by atoms with Gasteiger partial charge in [-0.15, -0.1) is 0 Å². The largest absolute Gasteiger partial charge is 0.352 e. The van der Waals surface area contributed by atoms with Gasteiger partial charge in [-0.05, 0) is 47.9 Å². The predicted octanol–water partition coefficient (Wildman–Crippen LogP) is 5.12. The van der Waals surface area contributed by atoms with Crippen LogP contribution in [0.15, 0.2) is 48.7 Å². The molecule has 2 aromatic heterocycles. The van der Waals surface area contributed by atoms with E-state index in [0.29, 0.717) is 30.4 Å². The molecule has 7 heteroatoms. The fraction of sp³-hybridized carbons (Fsp3) is 0.484. The second-order valence-corrected chi connectivity index (χ2v) is 12.5. The molecule has 0 saturated carbocycles. The highest BCUT2D eigenvalue weighted by atomic mass is 16.2. The van der Waals surface area contributed by atoms with Crippen molar-refractivity contribution in [3.05, 3.63) is 65.6 Å². The molecule has 3 atom stereocenters. The summed E-state index contributed by atoms with van der Waals surface area (Å²) in [6.45, 7) is 11.4. The van der Waals surface area contributed by atoms with Gasteiger partial charge in [-0.1, -0.05) is 58.9 Å². The van der Waals surface area contributed by atoms with Crippen LogP contribution in [0.1, 0.15) is 74.0 Å². The van der Waals surface area contributed by atoms with Crippen molar-refractivity contribution in [2.75, 3.05) is 13.1 Å². The number of rotatable bonds is 7. The van der Waals surface area contributed by atoms with E-state index in [1.54, 1.807) is 6.20 Å². The van der Waals surface area contributed by atoms with Gasteiger partial charge in [-0.3, -0.25) is 19.4 Å². The standard InChI is InChI=1S/C31H38N4O3/c1-19(2)12-20-10-11-26(32-16-20)30(38)35-18-22-14-23(35)17-34(22)29(37)24(31(3,4)5)15-28(36)27-13-21-8-6-7-9-25(21)33-27/h6-11,13,16,19,22-24,33H,12,14-15,17-18H2,1-5H3/t22-,23-,24+/m0/s1. The zero-order chi connectivity index (χ0) is 27.2. The van der Waals surface area contributed by atoms with Crippen molar-refractivity contribution >= 4 is 28.5 Å². The van der Waals surface area contributed by atoms with E-state index in [2.05, 4.69) is 23.8 Å². The number of amides is 2. The van der Waals surface area contributed by atoms with Gasteiger partial charge >= 0.3 is 0 Å². The van der Waals surface area contributed by atoms with Crippen LogP contribution in [0.2, 0.25) is 0 Å². The molecule has 2 aliphatic rings. The minimum absolute atomic E-state index is 0.0118. The normalized spacial score (nSPS) is 19.9. The SMILES string of the molecule is CC(C)Cc1ccc(C(=O)N2C[C@@H]3C[C@H]2CN3C(=O)[C@@H](CC(=O)c2cc3ccccc3[nH]2)C(C)(C)C)nc1. The number of benzene rings is 1. The van der Waals surface area contributed by atoms with Crippen molar-refractivity contribution in [2.45, 2.75) is 66.0 Å². The number of para-hydroxylation sites is 1. The Morgan fingerprint density at radius 1 is 1.03 bits per heavy atom. The maximum absolute atomic E-state index is 13.8. The molecule has 38 heavy (non-hydrogen) atoms. The Balaban J connectivity index is 1.26. The summed E-state index contributed by atoms with van der Waals surface area (Å²) < 4.78 is 0. The Morgan fingerprint density at radius 2 is 1.74 bits per heavy atom. The number of likely N-dealkylation sites (tertiary alicyclic amines) is 2. The molecule has 3 aromatic rings. The molecule has 2 fully saturated rings. The first kappa shape index (κ1) is 26.1. The molecule has 0 unspecified atom stereocenters. The number of carbonyl (C=O) groups is 3. The van der Waals surface area contributed by atoms with Gasteiger partial charge in [0.2, 0.25) is 5.91 Å². The number of piperazine rings is 1. The fourth-order valence-electron chi connectivity index (χ4n) is 5.96. The van der Waals surface area contributed by atoms with Crippen LogP contribution in [0.25, 0.3) is 10.9 Å². The summed E-state index contributed by atoms with van der Waals surface area (Å²) in [5.74, 6) is -0.0201. The number of aromatic nitrogens is 2. The third-order valence-electron chi connectivity index (χ3n) is 8.04. The van der Waals surface area contributed by atoms with Crippen LogP contribution in [0.5, 0.6) is 0 Å². The number of hydrogen-bond acceptors (Lipinski definition) is 4. The van der Waals surface area contributed by atoms with Gasteiger partial charge in [0.05, 0.1) is 23.7 Å². The molecule has 200 valence electrons. The molecule has 2 saturated heterocycles. The number of hydrogen-bond donors (Lipinski definition) is 1. The predicted molar refractivity (Wildman–Crippen MR) is 148 cm³/mol. The molecule has 4 heterocycles. The van der Waals surface area contributed by atoms with Crippen molar-refractivity contribution < 1.29 is 14.4 Å². The van der Waals surface area contributed by atoms with Crippen molar-refractivity contribution in [2.24, 2.45) is 17.3 Å². The number of Topliss-reactive ketones (excluding diaryl/α,β-unsaturated/α-hetero) is 1. The Bertz CT molecular complexity index is 1320. The van der Waals surface area contributed by atoms with Gasteiger partial charge in [-0.25, -0.2) is 0 Å². The average molecular weight is 515 g/mol. The van der Waals surface area contributed by atoms with Crippen LogP contribution >= 0.6 is 0 Å². The lowest BCUT2D eigenvalue weighted by Gasteiger charge is -2.39. The van der Waals surface area contributed by atoms with E-state index < -0.39 is 5.92 Å². The van der Waals surface area contributed by atoms with E-state index in [-0.39, 0.29) is 41.5 Å². The summed E-state index contributed by atoms with van der Waals surface area (Å²) in [4.78, 5) is 51.8. The van der Waals surface area contributed by atoms with Crippen LogP contribution in [0, 0.1) is 17.3 Å². The summed E-state index contributed by atoms with van der Waals surface area (Å²) >= 11 is 0. The topological polar surface area (TPSA) is 86.4 Å². The van der Waals surface area contributed by atoms with E-state index in [4.69, 9.17) is 0 Å². The molecule has 7 nitrogen and oxygen atoms in total. The van der Waals surface area contributed by atoms with Crippen LogP contribution in [0.4, 0.5) is 0 Å². The summed E-state index contributed by atoms with van der Waals surface area (Å²) in [5.41, 5.74) is 2.67. The van der Waals surface area contributed by atoms with Crippen LogP contribution in [0.3, 0.4) is 0 Å². The van der Waals surface area contributed by atoms with Crippen molar-refractivity contribution in [3.63, 3.8) is 0 Å². The molecule has 1 aromatic carbocycles. The van der Waals surface area contributed by atoms with Gasteiger partial charge in [-0.2, -0.15) is 0 Å². The second-order valence-electron chi connectivity index (χ2n) is 12.5. The Hall–Kier alpha value is -3.48. The quantitative estimate of drug-likeness (QED) is 0.443. The van der Waals surface area contributed by atoms with E-state index >= 15 is 0 Å². The molecular formula is C31H38N4O3. The highest BCUT2D eigenvalue weighted by Gasteiger charge is 2.50. The van der Waals surface area contributed by atoms with E-state index in [9.17, 15) is 14.4 Å². The van der Waals surface area contributed by atoms with Gasteiger partial charge < -0.3 is 14.8 Å². The summed E-state index contributed by atoms with van der Waals surface area (Å²) in [5, 5.41) is 0.986. The molecule has 0 aliphatic carbocycles. The third-order valence-corrected chi connectivity index (χ3v) is 8.04. The smallest absolute Gasteiger partial charge is 0.272 e. The lowest BCUT2D eigenvalue weighted by molar-refractivity contribution is -0.141. The minimum atomic E-state index is -0.444. The van der Waals surface area contributed by atoms with Crippen LogP contribution in [-0.4, -0.2) is 62.5 Å². The molecule has 2 bridgehead atoms. The highest BCUT2D eigenvalue weighted by molar-refractivity contribution is 6.01. The minimum Gasteiger partial charge on any atom is -0.352 e. The zero-order valence-corrected chi connectivity index (χ0v) is 23.0. The zero-order valence-electron chi connectivity index (χ0n) is 23.0. The van der Waals surface area contributed by atoms with Gasteiger partial charge in [0.25, 0.3) is 5.91 Å². The van der Waals surface area contributed by atoms with Crippen molar-refractivity contribution in [3.8, 4) is 0 Å². The highest BCUT2D eigenvalue weighted by Crippen LogP contribution is 2.38. The number of H-pyrrole nitrogens is 1.